The summed E-state index contributed by atoms with van der Waals surface area (Å²) >= 11 is 0. The molecule has 0 heterocycles. The number of unbranched alkanes of at least 4 members (excludes halogenated alkanes) is 3. The third-order valence-electron chi connectivity index (χ3n) is 7.82. The quantitative estimate of drug-likeness (QED) is 0.0155. The van der Waals surface area contributed by atoms with Gasteiger partial charge in [0.25, 0.3) is 0 Å². The van der Waals surface area contributed by atoms with Gasteiger partial charge in [-0.15, -0.1) is 0 Å². The van der Waals surface area contributed by atoms with Crippen LogP contribution in [0.2, 0.25) is 0 Å². The lowest BCUT2D eigenvalue weighted by atomic mass is 10.1. The molecule has 0 amide bonds. The lowest BCUT2D eigenvalue weighted by Gasteiger charge is -2.19. The molecule has 0 aliphatic rings. The summed E-state index contributed by atoms with van der Waals surface area (Å²) in [6.45, 7) is 3.18. The number of rotatable bonds is 37. The van der Waals surface area contributed by atoms with Crippen molar-refractivity contribution in [3.63, 3.8) is 0 Å². The number of allylic oxidation sites excluding steroid dienone is 20. The molecule has 10 nitrogen and oxygen atoms in total. The van der Waals surface area contributed by atoms with Gasteiger partial charge in [0.1, 0.15) is 6.61 Å². The minimum atomic E-state index is -4.47. The second-order valence-corrected chi connectivity index (χ2v) is 14.6. The van der Waals surface area contributed by atoms with Gasteiger partial charge in [0.05, 0.1) is 13.2 Å². The number of hydrogen-bond acceptors (Lipinski definition) is 9. The molecule has 0 spiro atoms. The standard InChI is InChI=1S/C47H72NO9P/c1-3-5-7-9-11-13-15-17-18-19-20-21-22-24-26-28-30-32-34-38-46(50)54-42-45(43-56-58(52,53)55-41-40-48)57-47(51)39-35-37-44(49)36-33-31-29-27-25-23-16-14-12-10-8-6-4-2/h5,7,11-14,17-18,20-21,23-26,29-33,36,45H,3-4,6,8-10,15-16,19,22,27-28,34-35,37-43,48H2,1-2H3,(H,52,53)/b7-5-,13-11-,14-12-,18-17-,21-20-,25-23-,26-24-,31-29-,32-30-,36-33+/t45-/m1/s1. The summed E-state index contributed by atoms with van der Waals surface area (Å²) in [5.74, 6) is -1.34. The van der Waals surface area contributed by atoms with Crippen LogP contribution >= 0.6 is 7.82 Å². The molecule has 2 atom stereocenters. The zero-order valence-corrected chi connectivity index (χ0v) is 36.1. The maximum atomic E-state index is 12.5. The summed E-state index contributed by atoms with van der Waals surface area (Å²) in [5.41, 5.74) is 5.32. The number of carbonyl (C=O) groups is 3. The van der Waals surface area contributed by atoms with Crippen LogP contribution in [-0.2, 0) is 37.5 Å². The molecule has 0 saturated heterocycles. The molecule has 3 N–H and O–H groups in total. The van der Waals surface area contributed by atoms with Crippen LogP contribution in [-0.4, -0.2) is 55.1 Å². The molecule has 0 fully saturated rings. The lowest BCUT2D eigenvalue weighted by molar-refractivity contribution is -0.161. The first-order valence-electron chi connectivity index (χ1n) is 21.0. The second-order valence-electron chi connectivity index (χ2n) is 13.2. The summed E-state index contributed by atoms with van der Waals surface area (Å²) in [5, 5.41) is 0. The molecule has 0 radical (unpaired) electrons. The summed E-state index contributed by atoms with van der Waals surface area (Å²) in [6, 6.07) is 0. The number of esters is 2. The maximum Gasteiger partial charge on any atom is 0.472 e. The van der Waals surface area contributed by atoms with Gasteiger partial charge in [0, 0.05) is 25.8 Å². The molecule has 0 aliphatic carbocycles. The maximum absolute atomic E-state index is 12.5. The van der Waals surface area contributed by atoms with E-state index in [4.69, 9.17) is 24.3 Å². The Morgan fingerprint density at radius 1 is 0.586 bits per heavy atom. The Hall–Kier alpha value is -3.92. The molecule has 11 heteroatoms. The van der Waals surface area contributed by atoms with E-state index in [2.05, 4.69) is 98.9 Å². The van der Waals surface area contributed by atoms with E-state index in [-0.39, 0.29) is 51.2 Å². The van der Waals surface area contributed by atoms with Crippen LogP contribution in [0.4, 0.5) is 0 Å². The van der Waals surface area contributed by atoms with Crippen LogP contribution in [0.1, 0.15) is 123 Å². The van der Waals surface area contributed by atoms with Crippen molar-refractivity contribution in [3.8, 4) is 0 Å². The number of ether oxygens (including phenoxy) is 2. The fourth-order valence-corrected chi connectivity index (χ4v) is 5.49. The average Bonchev–Trinajstić information content (AvgIpc) is 3.20. The largest absolute Gasteiger partial charge is 0.472 e. The monoisotopic (exact) mass is 825 g/mol. The van der Waals surface area contributed by atoms with Crippen molar-refractivity contribution in [2.75, 3.05) is 26.4 Å². The fraction of sp³-hybridized carbons (Fsp3) is 0.511. The van der Waals surface area contributed by atoms with Crippen molar-refractivity contribution in [2.45, 2.75) is 129 Å². The summed E-state index contributed by atoms with van der Waals surface area (Å²) in [6.07, 6.45) is 52.5. The molecule has 0 aliphatic heterocycles. The highest BCUT2D eigenvalue weighted by molar-refractivity contribution is 7.47. The molecule has 0 aromatic heterocycles. The third kappa shape index (κ3) is 40.3. The van der Waals surface area contributed by atoms with Crippen LogP contribution in [0, 0.1) is 0 Å². The molecule has 0 rings (SSSR count). The average molecular weight is 826 g/mol. The molecular weight excluding hydrogens is 753 g/mol. The van der Waals surface area contributed by atoms with Crippen molar-refractivity contribution >= 4 is 25.5 Å². The van der Waals surface area contributed by atoms with Crippen LogP contribution in [0.15, 0.2) is 122 Å². The highest BCUT2D eigenvalue weighted by Gasteiger charge is 2.26. The first-order valence-corrected chi connectivity index (χ1v) is 22.5. The summed E-state index contributed by atoms with van der Waals surface area (Å²) in [7, 11) is -4.47. The SMILES string of the molecule is CC/C=C\C/C=C\C/C=C\C/C=C\C/C=C\C/C=C\CCC(=O)OC[C@H](COP(=O)(O)OCCN)OC(=O)CCCC(=O)/C=C/C=C\C/C=C\C/C=C\CCCCC. The van der Waals surface area contributed by atoms with Crippen LogP contribution in [0.5, 0.6) is 0 Å². The zero-order chi connectivity index (χ0) is 42.6. The second kappa shape index (κ2) is 41.2. The number of hydrogen-bond donors (Lipinski definition) is 2. The normalized spacial score (nSPS) is 14.4. The third-order valence-corrected chi connectivity index (χ3v) is 8.81. The van der Waals surface area contributed by atoms with E-state index in [9.17, 15) is 23.8 Å². The summed E-state index contributed by atoms with van der Waals surface area (Å²) in [4.78, 5) is 47.0. The van der Waals surface area contributed by atoms with E-state index in [0.717, 1.165) is 57.8 Å². The first kappa shape index (κ1) is 54.1. The Labute approximate surface area is 349 Å². The number of nitrogens with two attached hydrogens (primary N) is 1. The molecule has 324 valence electrons. The van der Waals surface area contributed by atoms with Crippen molar-refractivity contribution < 1.29 is 42.4 Å². The highest BCUT2D eigenvalue weighted by atomic mass is 31.2. The summed E-state index contributed by atoms with van der Waals surface area (Å²) < 4.78 is 32.4. The van der Waals surface area contributed by atoms with Gasteiger partial charge in [-0.1, -0.05) is 142 Å². The van der Waals surface area contributed by atoms with Gasteiger partial charge in [-0.3, -0.25) is 23.4 Å². The number of ketones is 1. The predicted molar refractivity (Wildman–Crippen MR) is 238 cm³/mol. The molecule has 58 heavy (non-hydrogen) atoms. The Morgan fingerprint density at radius 3 is 1.67 bits per heavy atom. The van der Waals surface area contributed by atoms with Crippen LogP contribution in [0.3, 0.4) is 0 Å². The van der Waals surface area contributed by atoms with E-state index in [1.165, 1.54) is 25.3 Å². The van der Waals surface area contributed by atoms with E-state index in [1.807, 2.05) is 24.3 Å². The Balaban J connectivity index is 4.52. The fourth-order valence-electron chi connectivity index (χ4n) is 4.73. The van der Waals surface area contributed by atoms with Gasteiger partial charge in [-0.05, 0) is 83.1 Å². The molecular formula is C47H72NO9P. The van der Waals surface area contributed by atoms with Crippen molar-refractivity contribution in [1.82, 2.24) is 0 Å². The van der Waals surface area contributed by atoms with Gasteiger partial charge in [0.15, 0.2) is 11.9 Å². The highest BCUT2D eigenvalue weighted by Crippen LogP contribution is 2.43. The number of phosphoric acid groups is 1. The molecule has 0 bridgehead atoms. The van der Waals surface area contributed by atoms with Crippen molar-refractivity contribution in [3.05, 3.63) is 122 Å². The van der Waals surface area contributed by atoms with Crippen molar-refractivity contribution in [1.29, 1.82) is 0 Å². The van der Waals surface area contributed by atoms with Crippen LogP contribution in [0.25, 0.3) is 0 Å². The molecule has 1 unspecified atom stereocenters. The van der Waals surface area contributed by atoms with E-state index in [1.54, 1.807) is 6.08 Å². The lowest BCUT2D eigenvalue weighted by Crippen LogP contribution is -2.29. The zero-order valence-electron chi connectivity index (χ0n) is 35.2. The number of phosphoric ester groups is 1. The Kier molecular flexibility index (Phi) is 38.5. The van der Waals surface area contributed by atoms with Crippen LogP contribution < -0.4 is 5.73 Å². The van der Waals surface area contributed by atoms with Gasteiger partial charge < -0.3 is 20.1 Å². The molecule has 0 saturated carbocycles. The first-order chi connectivity index (χ1) is 28.2. The number of carbonyl (C=O) groups excluding carboxylic acids is 3. The minimum Gasteiger partial charge on any atom is -0.462 e. The van der Waals surface area contributed by atoms with Gasteiger partial charge >= 0.3 is 19.8 Å². The Morgan fingerprint density at radius 2 is 1.12 bits per heavy atom. The van der Waals surface area contributed by atoms with E-state index < -0.39 is 32.5 Å². The van der Waals surface area contributed by atoms with Gasteiger partial charge in [-0.25, -0.2) is 4.57 Å². The minimum absolute atomic E-state index is 0.000392. The van der Waals surface area contributed by atoms with Gasteiger partial charge in [-0.2, -0.15) is 0 Å². The smallest absolute Gasteiger partial charge is 0.462 e. The van der Waals surface area contributed by atoms with Gasteiger partial charge in [0.2, 0.25) is 0 Å². The van der Waals surface area contributed by atoms with E-state index in [0.29, 0.717) is 6.42 Å². The van der Waals surface area contributed by atoms with E-state index >= 15 is 0 Å². The van der Waals surface area contributed by atoms with Crippen molar-refractivity contribution in [2.24, 2.45) is 5.73 Å². The molecule has 0 aromatic carbocycles. The predicted octanol–water partition coefficient (Wildman–Crippen LogP) is 11.3. The topological polar surface area (TPSA) is 151 Å². The molecule has 0 aromatic rings. The Bertz CT molecular complexity index is 1420.